The minimum absolute atomic E-state index is 0.0266. The van der Waals surface area contributed by atoms with E-state index >= 15 is 0 Å². The highest BCUT2D eigenvalue weighted by molar-refractivity contribution is 6.30. The molecule has 1 aromatic rings. The van der Waals surface area contributed by atoms with E-state index in [9.17, 15) is 4.79 Å². The summed E-state index contributed by atoms with van der Waals surface area (Å²) in [6.07, 6.45) is 3.19. The van der Waals surface area contributed by atoms with Crippen LogP contribution in [0.3, 0.4) is 0 Å². The maximum Gasteiger partial charge on any atom is 0.311 e. The molecule has 2 fully saturated rings. The first-order valence-electron chi connectivity index (χ1n) is 6.91. The standard InChI is InChI=1S/C15H18ClNO2/c16-13-5-3-11(4-6-13)14-9-12(15(18)19-14)10-17-7-1-2-8-17/h3-6,12,14H,1-2,7-10H2. The van der Waals surface area contributed by atoms with E-state index < -0.39 is 0 Å². The minimum atomic E-state index is -0.0997. The molecule has 1 aromatic carbocycles. The van der Waals surface area contributed by atoms with Gasteiger partial charge in [0.15, 0.2) is 0 Å². The van der Waals surface area contributed by atoms with E-state index in [0.717, 1.165) is 31.6 Å². The Morgan fingerprint density at radius 1 is 1.21 bits per heavy atom. The molecule has 2 atom stereocenters. The Bertz CT molecular complexity index is 454. The van der Waals surface area contributed by atoms with Crippen molar-refractivity contribution in [1.29, 1.82) is 0 Å². The number of rotatable bonds is 3. The summed E-state index contributed by atoms with van der Waals surface area (Å²) < 4.78 is 5.50. The predicted octanol–water partition coefficient (Wildman–Crippen LogP) is 3.04. The molecule has 0 saturated carbocycles. The number of carbonyl (C=O) groups excluding carboxylic acids is 1. The Morgan fingerprint density at radius 2 is 1.89 bits per heavy atom. The first-order chi connectivity index (χ1) is 9.22. The van der Waals surface area contributed by atoms with Gasteiger partial charge in [-0.3, -0.25) is 4.79 Å². The SMILES string of the molecule is O=C1OC(c2ccc(Cl)cc2)CC1CN1CCCC1. The van der Waals surface area contributed by atoms with Gasteiger partial charge in [-0.05, 0) is 43.6 Å². The third-order valence-electron chi connectivity index (χ3n) is 4.01. The first kappa shape index (κ1) is 12.9. The van der Waals surface area contributed by atoms with Crippen LogP contribution in [-0.4, -0.2) is 30.5 Å². The number of ether oxygens (including phenoxy) is 1. The Kier molecular flexibility index (Phi) is 3.76. The smallest absolute Gasteiger partial charge is 0.311 e. The van der Waals surface area contributed by atoms with Gasteiger partial charge in [0.1, 0.15) is 6.10 Å². The predicted molar refractivity (Wildman–Crippen MR) is 74.1 cm³/mol. The zero-order valence-electron chi connectivity index (χ0n) is 10.8. The fourth-order valence-corrected chi connectivity index (χ4v) is 3.07. The fourth-order valence-electron chi connectivity index (χ4n) is 2.95. The van der Waals surface area contributed by atoms with Gasteiger partial charge in [0.25, 0.3) is 0 Å². The molecule has 0 amide bonds. The molecule has 0 aromatic heterocycles. The van der Waals surface area contributed by atoms with Gasteiger partial charge in [-0.1, -0.05) is 23.7 Å². The number of carbonyl (C=O) groups is 1. The van der Waals surface area contributed by atoms with Gasteiger partial charge in [-0.25, -0.2) is 0 Å². The molecule has 2 unspecified atom stereocenters. The van der Waals surface area contributed by atoms with Crippen molar-refractivity contribution >= 4 is 17.6 Å². The van der Waals surface area contributed by atoms with Crippen molar-refractivity contribution in [2.45, 2.75) is 25.4 Å². The van der Waals surface area contributed by atoms with Crippen LogP contribution < -0.4 is 0 Å². The molecular weight excluding hydrogens is 262 g/mol. The van der Waals surface area contributed by atoms with E-state index in [0.29, 0.717) is 5.02 Å². The van der Waals surface area contributed by atoms with Crippen LogP contribution in [0.2, 0.25) is 5.02 Å². The van der Waals surface area contributed by atoms with Crippen molar-refractivity contribution in [2.24, 2.45) is 5.92 Å². The van der Waals surface area contributed by atoms with Gasteiger partial charge in [-0.2, -0.15) is 0 Å². The molecule has 0 N–H and O–H groups in total. The maximum atomic E-state index is 11.9. The van der Waals surface area contributed by atoms with Crippen molar-refractivity contribution in [3.8, 4) is 0 Å². The molecule has 0 radical (unpaired) electrons. The van der Waals surface area contributed by atoms with Crippen LogP contribution >= 0.6 is 11.6 Å². The molecule has 4 heteroatoms. The maximum absolute atomic E-state index is 11.9. The number of cyclic esters (lactones) is 1. The van der Waals surface area contributed by atoms with Crippen LogP contribution in [0.25, 0.3) is 0 Å². The molecule has 2 heterocycles. The third kappa shape index (κ3) is 2.93. The second-order valence-electron chi connectivity index (χ2n) is 5.42. The van der Waals surface area contributed by atoms with Gasteiger partial charge in [0.05, 0.1) is 5.92 Å². The fraction of sp³-hybridized carbons (Fsp3) is 0.533. The number of benzene rings is 1. The lowest BCUT2D eigenvalue weighted by atomic mass is 10.00. The Labute approximate surface area is 118 Å². The summed E-state index contributed by atoms with van der Waals surface area (Å²) in [5.74, 6) is -0.0226. The van der Waals surface area contributed by atoms with E-state index in [-0.39, 0.29) is 18.0 Å². The molecule has 102 valence electrons. The lowest BCUT2D eigenvalue weighted by Crippen LogP contribution is -2.28. The minimum Gasteiger partial charge on any atom is -0.457 e. The van der Waals surface area contributed by atoms with E-state index in [2.05, 4.69) is 4.90 Å². The molecule has 3 nitrogen and oxygen atoms in total. The monoisotopic (exact) mass is 279 g/mol. The molecule has 19 heavy (non-hydrogen) atoms. The van der Waals surface area contributed by atoms with E-state index in [1.165, 1.54) is 12.8 Å². The second-order valence-corrected chi connectivity index (χ2v) is 5.85. The first-order valence-corrected chi connectivity index (χ1v) is 7.28. The summed E-state index contributed by atoms with van der Waals surface area (Å²) in [6, 6.07) is 7.58. The Morgan fingerprint density at radius 3 is 2.58 bits per heavy atom. The largest absolute Gasteiger partial charge is 0.457 e. The van der Waals surface area contributed by atoms with E-state index in [1.807, 2.05) is 24.3 Å². The number of nitrogens with zero attached hydrogens (tertiary/aromatic N) is 1. The summed E-state index contributed by atoms with van der Waals surface area (Å²) in [5.41, 5.74) is 1.04. The van der Waals surface area contributed by atoms with Gasteiger partial charge >= 0.3 is 5.97 Å². The summed E-state index contributed by atoms with van der Waals surface area (Å²) >= 11 is 5.87. The third-order valence-corrected chi connectivity index (χ3v) is 4.26. The number of halogens is 1. The van der Waals surface area contributed by atoms with Crippen LogP contribution in [0.4, 0.5) is 0 Å². The summed E-state index contributed by atoms with van der Waals surface area (Å²) in [5, 5.41) is 0.710. The van der Waals surface area contributed by atoms with E-state index in [4.69, 9.17) is 16.3 Å². The topological polar surface area (TPSA) is 29.5 Å². The molecule has 0 spiro atoms. The molecule has 2 aliphatic rings. The van der Waals surface area contributed by atoms with Crippen molar-refractivity contribution in [1.82, 2.24) is 4.90 Å². The molecule has 3 rings (SSSR count). The normalized spacial score (nSPS) is 27.7. The zero-order valence-corrected chi connectivity index (χ0v) is 11.6. The number of esters is 1. The average Bonchev–Trinajstić information content (AvgIpc) is 3.02. The average molecular weight is 280 g/mol. The quantitative estimate of drug-likeness (QED) is 0.797. The van der Waals surface area contributed by atoms with Crippen molar-refractivity contribution in [2.75, 3.05) is 19.6 Å². The van der Waals surface area contributed by atoms with Crippen LogP contribution in [0.15, 0.2) is 24.3 Å². The molecule has 2 aliphatic heterocycles. The van der Waals surface area contributed by atoms with Crippen molar-refractivity contribution < 1.29 is 9.53 Å². The van der Waals surface area contributed by atoms with Gasteiger partial charge in [0.2, 0.25) is 0 Å². The lowest BCUT2D eigenvalue weighted by molar-refractivity contribution is -0.144. The summed E-state index contributed by atoms with van der Waals surface area (Å²) in [7, 11) is 0. The van der Waals surface area contributed by atoms with Crippen molar-refractivity contribution in [3.63, 3.8) is 0 Å². The Balaban J connectivity index is 1.63. The zero-order chi connectivity index (χ0) is 13.2. The lowest BCUT2D eigenvalue weighted by Gasteiger charge is -2.16. The Hall–Kier alpha value is -1.06. The molecular formula is C15H18ClNO2. The van der Waals surface area contributed by atoms with Crippen LogP contribution in [-0.2, 0) is 9.53 Å². The van der Waals surface area contributed by atoms with Gasteiger partial charge in [0, 0.05) is 18.0 Å². The highest BCUT2D eigenvalue weighted by Gasteiger charge is 2.36. The summed E-state index contributed by atoms with van der Waals surface area (Å²) in [6.45, 7) is 3.09. The van der Waals surface area contributed by atoms with E-state index in [1.54, 1.807) is 0 Å². The van der Waals surface area contributed by atoms with Crippen LogP contribution in [0.5, 0.6) is 0 Å². The number of hydrogen-bond donors (Lipinski definition) is 0. The van der Waals surface area contributed by atoms with Gasteiger partial charge in [-0.15, -0.1) is 0 Å². The second kappa shape index (κ2) is 5.51. The number of hydrogen-bond acceptors (Lipinski definition) is 3. The number of likely N-dealkylation sites (tertiary alicyclic amines) is 1. The van der Waals surface area contributed by atoms with Gasteiger partial charge < -0.3 is 9.64 Å². The molecule has 2 saturated heterocycles. The van der Waals surface area contributed by atoms with Crippen molar-refractivity contribution in [3.05, 3.63) is 34.9 Å². The highest BCUT2D eigenvalue weighted by Crippen LogP contribution is 2.34. The summed E-state index contributed by atoms with van der Waals surface area (Å²) in [4.78, 5) is 14.3. The molecule has 0 aliphatic carbocycles. The van der Waals surface area contributed by atoms with Crippen LogP contribution in [0.1, 0.15) is 30.9 Å². The highest BCUT2D eigenvalue weighted by atomic mass is 35.5. The van der Waals surface area contributed by atoms with Crippen LogP contribution in [0, 0.1) is 5.92 Å². The molecule has 0 bridgehead atoms.